The van der Waals surface area contributed by atoms with Crippen molar-refractivity contribution in [3.8, 4) is 0 Å². The van der Waals surface area contributed by atoms with E-state index in [0.717, 1.165) is 25.7 Å². The largest absolute Gasteiger partial charge is 0.395 e. The highest BCUT2D eigenvalue weighted by Gasteiger charge is 2.48. The minimum atomic E-state index is -2.62. The van der Waals surface area contributed by atoms with Gasteiger partial charge in [-0.1, -0.05) is 219 Å². The van der Waals surface area contributed by atoms with Gasteiger partial charge in [0.15, 0.2) is 0 Å². The van der Waals surface area contributed by atoms with Crippen LogP contribution in [0.15, 0.2) is 0 Å². The highest BCUT2D eigenvalue weighted by molar-refractivity contribution is 7.38. The summed E-state index contributed by atoms with van der Waals surface area (Å²) in [6.07, 6.45) is 43.0. The molecule has 0 aromatic heterocycles. The number of aliphatic hydroxyl groups excluding tert-OH is 3. The first-order valence-electron chi connectivity index (χ1n) is 21.8. The van der Waals surface area contributed by atoms with Crippen LogP contribution in [0.3, 0.4) is 0 Å². The Balaban J connectivity index is -0.00000281. The molecule has 324 valence electrons. The molecule has 0 fully saturated rings. The van der Waals surface area contributed by atoms with Crippen molar-refractivity contribution in [1.82, 2.24) is 0 Å². The van der Waals surface area contributed by atoms with Gasteiger partial charge in [-0.05, 0) is 12.8 Å². The van der Waals surface area contributed by atoms with E-state index < -0.39 is 28.2 Å². The van der Waals surface area contributed by atoms with E-state index in [4.69, 9.17) is 29.4 Å². The summed E-state index contributed by atoms with van der Waals surface area (Å²) in [5, 5.41) is 42.0. The molecular weight excluding hydrogens is 714 g/mol. The molecule has 0 aliphatic rings. The third-order valence-electron chi connectivity index (χ3n) is 10.8. The molecule has 53 heavy (non-hydrogen) atoms. The molecule has 0 spiro atoms. The molecule has 0 aromatic carbocycles. The molecule has 0 aliphatic heterocycles. The monoisotopic (exact) mass is 805 g/mol. The summed E-state index contributed by atoms with van der Waals surface area (Å²) in [6.45, 7) is 3.42. The van der Waals surface area contributed by atoms with E-state index >= 15 is 0 Å². The second-order valence-corrected chi connectivity index (χ2v) is 16.5. The van der Waals surface area contributed by atoms with Crippen molar-refractivity contribution >= 4 is 17.2 Å². The van der Waals surface area contributed by atoms with Gasteiger partial charge in [-0.15, -0.1) is 0 Å². The first kappa shape index (κ1) is 57.8. The number of unbranched alkanes of at least 4 members (excludes halogenated alkanes) is 30. The Labute approximate surface area is 329 Å². The lowest BCUT2D eigenvalue weighted by Gasteiger charge is -2.44. The summed E-state index contributed by atoms with van der Waals surface area (Å²) < 4.78 is 0. The lowest BCUT2D eigenvalue weighted by molar-refractivity contribution is -0.162. The molecule has 0 bridgehead atoms. The van der Waals surface area contributed by atoms with Gasteiger partial charge in [0, 0.05) is 0 Å². The maximum Gasteiger partial charge on any atom is 0.324 e. The number of hydrogen-bond acceptors (Lipinski definition) is 10. The van der Waals surface area contributed by atoms with E-state index in [1.54, 1.807) is 0 Å². The van der Waals surface area contributed by atoms with Gasteiger partial charge in [0.1, 0.15) is 0 Å². The minimum Gasteiger partial charge on any atom is -0.395 e. The van der Waals surface area contributed by atoms with Crippen LogP contribution in [0.1, 0.15) is 232 Å². The van der Waals surface area contributed by atoms with E-state index in [1.165, 1.54) is 180 Å². The first-order valence-corrected chi connectivity index (χ1v) is 24.2. The van der Waals surface area contributed by atoms with Gasteiger partial charge in [0.25, 0.3) is 0 Å². The van der Waals surface area contributed by atoms with E-state index in [9.17, 15) is 20.4 Å². The average molecular weight is 805 g/mol. The molecule has 0 amide bonds. The van der Waals surface area contributed by atoms with Crippen LogP contribution in [-0.4, -0.2) is 75.2 Å². The third kappa shape index (κ3) is 41.9. The topological polar surface area (TPSA) is 202 Å². The van der Waals surface area contributed by atoms with Crippen molar-refractivity contribution in [1.29, 1.82) is 0 Å². The molecule has 0 aromatic rings. The highest BCUT2D eigenvalue weighted by Crippen LogP contribution is 2.39. The lowest BCUT2D eigenvalue weighted by Crippen LogP contribution is -2.55. The van der Waals surface area contributed by atoms with Crippen molar-refractivity contribution in [2.45, 2.75) is 238 Å². The molecular formula is C41H90O10P2. The van der Waals surface area contributed by atoms with Crippen LogP contribution in [-0.2, 0) is 0 Å². The zero-order valence-corrected chi connectivity index (χ0v) is 36.3. The predicted octanol–water partition coefficient (Wildman–Crippen LogP) is 10.4. The van der Waals surface area contributed by atoms with E-state index in [-0.39, 0.29) is 19.8 Å². The molecule has 0 atom stereocenters. The van der Waals surface area contributed by atoms with Gasteiger partial charge in [0.05, 0.1) is 30.8 Å². The van der Waals surface area contributed by atoms with Crippen molar-refractivity contribution < 1.29 is 49.8 Å². The summed E-state index contributed by atoms with van der Waals surface area (Å²) in [5.41, 5.74) is -2.44. The molecule has 0 aliphatic carbocycles. The Hall–Kier alpha value is 0.460. The van der Waals surface area contributed by atoms with Gasteiger partial charge in [-0.25, -0.2) is 0 Å². The number of rotatable bonds is 38. The van der Waals surface area contributed by atoms with E-state index in [0.29, 0.717) is 12.8 Å². The first-order chi connectivity index (χ1) is 25.5. The van der Waals surface area contributed by atoms with Crippen molar-refractivity contribution in [3.05, 3.63) is 0 Å². The minimum absolute atomic E-state index is 0.381. The zero-order chi connectivity index (χ0) is 40.3. The third-order valence-corrected chi connectivity index (χ3v) is 10.8. The molecule has 12 heteroatoms. The Morgan fingerprint density at radius 1 is 0.302 bits per heavy atom. The molecule has 0 saturated heterocycles. The Morgan fingerprint density at radius 2 is 0.453 bits per heavy atom. The molecule has 10 nitrogen and oxygen atoms in total. The molecule has 0 saturated carbocycles. The van der Waals surface area contributed by atoms with Gasteiger partial charge in [0.2, 0.25) is 0 Å². The molecule has 0 unspecified atom stereocenters. The van der Waals surface area contributed by atoms with Crippen LogP contribution >= 0.6 is 17.2 Å². The fourth-order valence-electron chi connectivity index (χ4n) is 7.18. The van der Waals surface area contributed by atoms with E-state index in [1.807, 2.05) is 0 Å². The van der Waals surface area contributed by atoms with Crippen LogP contribution in [0.2, 0.25) is 0 Å². The van der Waals surface area contributed by atoms with Crippen LogP contribution < -0.4 is 0 Å². The Morgan fingerprint density at radius 3 is 0.604 bits per heavy atom. The highest BCUT2D eigenvalue weighted by atomic mass is 31.2. The lowest BCUT2D eigenvalue weighted by atomic mass is 9.68. The fraction of sp³-hybridized carbons (Fsp3) is 1.00. The van der Waals surface area contributed by atoms with Crippen LogP contribution in [0.4, 0.5) is 0 Å². The summed E-state index contributed by atoms with van der Waals surface area (Å²) in [4.78, 5) is 43.4. The number of aliphatic hydroxyl groups is 4. The fourth-order valence-corrected chi connectivity index (χ4v) is 7.18. The molecule has 0 rings (SSSR count). The summed E-state index contributed by atoms with van der Waals surface area (Å²) in [5.74, 6) is 0. The standard InChI is InChI=1S/C41H84O4.2H3O3P/c1-3-5-7-9-11-13-15-17-19-21-23-25-27-29-31-33-35-41(45,40(37-42,38-43)39-44)36-34-32-30-28-26-24-22-20-18-16-14-12-10-8-6-4-2;2*1-4(2)3/h42-45H,3-39H2,1-2H3;2*1-3H. The smallest absolute Gasteiger partial charge is 0.324 e. The number of hydrogen-bond donors (Lipinski definition) is 10. The summed E-state index contributed by atoms with van der Waals surface area (Å²) in [6, 6.07) is 0. The van der Waals surface area contributed by atoms with E-state index in [2.05, 4.69) is 13.8 Å². The van der Waals surface area contributed by atoms with Gasteiger partial charge in [-0.3, -0.25) is 0 Å². The predicted molar refractivity (Wildman–Crippen MR) is 224 cm³/mol. The maximum atomic E-state index is 11.7. The zero-order valence-electron chi connectivity index (χ0n) is 34.5. The molecule has 10 N–H and O–H groups in total. The summed E-state index contributed by atoms with van der Waals surface area (Å²) in [7, 11) is -5.24. The van der Waals surface area contributed by atoms with Crippen molar-refractivity contribution in [2.24, 2.45) is 5.41 Å². The molecule has 0 radical (unpaired) electrons. The van der Waals surface area contributed by atoms with Gasteiger partial charge < -0.3 is 49.8 Å². The Bertz CT molecular complexity index is 617. The quantitative estimate of drug-likeness (QED) is 0.0211. The normalized spacial score (nSPS) is 11.9. The van der Waals surface area contributed by atoms with Gasteiger partial charge in [-0.2, -0.15) is 0 Å². The van der Waals surface area contributed by atoms with Crippen molar-refractivity contribution in [2.75, 3.05) is 19.8 Å². The second kappa shape index (κ2) is 45.2. The Kier molecular flexibility index (Phi) is 49.2. The summed E-state index contributed by atoms with van der Waals surface area (Å²) >= 11 is 0. The van der Waals surface area contributed by atoms with Crippen LogP contribution in [0.25, 0.3) is 0 Å². The second-order valence-electron chi connectivity index (χ2n) is 15.4. The molecule has 0 heterocycles. The van der Waals surface area contributed by atoms with Crippen LogP contribution in [0, 0.1) is 5.41 Å². The average Bonchev–Trinajstić information content (AvgIpc) is 3.11. The van der Waals surface area contributed by atoms with Crippen LogP contribution in [0.5, 0.6) is 0 Å². The van der Waals surface area contributed by atoms with Crippen molar-refractivity contribution in [3.63, 3.8) is 0 Å². The SMILES string of the molecule is CCCCCCCCCCCCCCCCCCC(O)(CCCCCCCCCCCCCCCCCC)C(CO)(CO)CO.OP(O)O.OP(O)O. The van der Waals surface area contributed by atoms with Gasteiger partial charge >= 0.3 is 17.2 Å². The maximum absolute atomic E-state index is 11.7.